The molecule has 1 heterocycles. The van der Waals surface area contributed by atoms with Crippen molar-refractivity contribution in [2.75, 3.05) is 6.61 Å². The Morgan fingerprint density at radius 1 is 0.967 bits per heavy atom. The fraction of sp³-hybridized carbons (Fsp3) is 0.400. The van der Waals surface area contributed by atoms with Gasteiger partial charge in [0.25, 0.3) is 0 Å². The third-order valence-corrected chi connectivity index (χ3v) is 6.73. The largest absolute Gasteiger partial charge is 0.465 e. The molecular formula is C25H26O5. The molecule has 4 rings (SSSR count). The maximum atomic E-state index is 13.8. The van der Waals surface area contributed by atoms with Crippen LogP contribution in [0.3, 0.4) is 0 Å². The highest BCUT2D eigenvalue weighted by Crippen LogP contribution is 2.80. The van der Waals surface area contributed by atoms with E-state index in [1.165, 1.54) is 0 Å². The number of Topliss-reactive ketones (excluding diaryl/α,β-unsaturated/α-hetero) is 1. The lowest BCUT2D eigenvalue weighted by molar-refractivity contribution is -0.166. The molecule has 2 aliphatic rings. The quantitative estimate of drug-likeness (QED) is 0.403. The zero-order valence-corrected chi connectivity index (χ0v) is 17.7. The molecule has 30 heavy (non-hydrogen) atoms. The summed E-state index contributed by atoms with van der Waals surface area (Å²) in [5.41, 5.74) is -1.09. The van der Waals surface area contributed by atoms with Gasteiger partial charge in [0.15, 0.2) is 11.2 Å². The summed E-state index contributed by atoms with van der Waals surface area (Å²) in [4.78, 5) is 39.7. The summed E-state index contributed by atoms with van der Waals surface area (Å²) in [6.45, 7) is 7.20. The van der Waals surface area contributed by atoms with Gasteiger partial charge in [0.1, 0.15) is 5.60 Å². The van der Waals surface area contributed by atoms with Gasteiger partial charge >= 0.3 is 11.9 Å². The van der Waals surface area contributed by atoms with Gasteiger partial charge < -0.3 is 9.47 Å². The zero-order valence-electron chi connectivity index (χ0n) is 17.7. The first-order valence-electron chi connectivity index (χ1n) is 10.4. The highest BCUT2D eigenvalue weighted by atomic mass is 16.6. The van der Waals surface area contributed by atoms with Gasteiger partial charge in [-0.1, -0.05) is 61.5 Å². The molecule has 2 fully saturated rings. The van der Waals surface area contributed by atoms with Crippen LogP contribution >= 0.6 is 0 Å². The number of ketones is 1. The van der Waals surface area contributed by atoms with Crippen molar-refractivity contribution in [1.82, 2.24) is 0 Å². The van der Waals surface area contributed by atoms with Crippen LogP contribution in [0.25, 0.3) is 11.1 Å². The van der Waals surface area contributed by atoms with Crippen molar-refractivity contribution in [3.05, 3.63) is 60.2 Å². The van der Waals surface area contributed by atoms with Crippen molar-refractivity contribution in [3.63, 3.8) is 0 Å². The molecule has 2 aromatic rings. The number of esters is 2. The normalized spacial score (nSPS) is 28.4. The fourth-order valence-corrected chi connectivity index (χ4v) is 5.61. The van der Waals surface area contributed by atoms with Gasteiger partial charge in [0, 0.05) is 11.5 Å². The van der Waals surface area contributed by atoms with E-state index in [4.69, 9.17) is 9.47 Å². The van der Waals surface area contributed by atoms with Crippen LogP contribution < -0.4 is 0 Å². The zero-order chi connectivity index (χ0) is 21.7. The third kappa shape index (κ3) is 2.44. The van der Waals surface area contributed by atoms with Crippen molar-refractivity contribution in [2.45, 2.75) is 39.7 Å². The number of ether oxygens (including phenoxy) is 2. The van der Waals surface area contributed by atoms with Gasteiger partial charge in [-0.15, -0.1) is 0 Å². The molecule has 0 bridgehead atoms. The molecule has 1 saturated carbocycles. The molecule has 0 radical (unpaired) electrons. The average Bonchev–Trinajstić information content (AvgIpc) is 3.34. The van der Waals surface area contributed by atoms with Crippen LogP contribution in [0, 0.1) is 16.7 Å². The maximum absolute atomic E-state index is 13.8. The molecule has 5 heteroatoms. The molecule has 0 N–H and O–H groups in total. The van der Waals surface area contributed by atoms with Crippen LogP contribution in [0.15, 0.2) is 54.6 Å². The summed E-state index contributed by atoms with van der Waals surface area (Å²) in [6.07, 6.45) is 0.355. The number of cyclic esters (lactones) is 1. The Morgan fingerprint density at radius 3 is 2.13 bits per heavy atom. The number of hydrogen-bond donors (Lipinski definition) is 0. The van der Waals surface area contributed by atoms with E-state index in [-0.39, 0.29) is 12.4 Å². The molecular weight excluding hydrogens is 380 g/mol. The van der Waals surface area contributed by atoms with E-state index in [9.17, 15) is 14.4 Å². The van der Waals surface area contributed by atoms with Gasteiger partial charge in [0.05, 0.1) is 12.0 Å². The third-order valence-electron chi connectivity index (χ3n) is 6.73. The van der Waals surface area contributed by atoms with Gasteiger partial charge in [-0.05, 0) is 38.3 Å². The first-order valence-corrected chi connectivity index (χ1v) is 10.4. The molecule has 0 unspecified atom stereocenters. The molecule has 156 valence electrons. The number of carbonyl (C=O) groups is 3. The second-order valence-electron chi connectivity index (χ2n) is 8.55. The first-order chi connectivity index (χ1) is 14.3. The highest BCUT2D eigenvalue weighted by Gasteiger charge is 2.95. The number of benzene rings is 2. The Kier molecular flexibility index (Phi) is 4.60. The van der Waals surface area contributed by atoms with Crippen molar-refractivity contribution < 1.29 is 23.9 Å². The van der Waals surface area contributed by atoms with E-state index >= 15 is 0 Å². The lowest BCUT2D eigenvalue weighted by atomic mass is 9.81. The van der Waals surface area contributed by atoms with Crippen LogP contribution in [-0.2, 0) is 19.1 Å². The van der Waals surface area contributed by atoms with Gasteiger partial charge in [-0.25, -0.2) is 0 Å². The van der Waals surface area contributed by atoms with E-state index in [1.54, 1.807) is 32.9 Å². The Labute approximate surface area is 176 Å². The lowest BCUT2D eigenvalue weighted by Gasteiger charge is -2.28. The van der Waals surface area contributed by atoms with E-state index in [1.807, 2.05) is 49.4 Å². The smallest absolute Gasteiger partial charge is 0.325 e. The number of carbonyl (C=O) groups excluding carboxylic acids is 3. The molecule has 0 aromatic heterocycles. The topological polar surface area (TPSA) is 69.7 Å². The molecule has 1 aliphatic heterocycles. The van der Waals surface area contributed by atoms with Crippen LogP contribution in [-0.4, -0.2) is 29.9 Å². The van der Waals surface area contributed by atoms with Crippen LogP contribution in [0.1, 0.15) is 44.5 Å². The summed E-state index contributed by atoms with van der Waals surface area (Å²) >= 11 is 0. The van der Waals surface area contributed by atoms with Gasteiger partial charge in [-0.2, -0.15) is 0 Å². The molecule has 0 amide bonds. The predicted octanol–water partition coefficient (Wildman–Crippen LogP) is 4.45. The minimum absolute atomic E-state index is 0.140. The maximum Gasteiger partial charge on any atom is 0.325 e. The minimum atomic E-state index is -1.56. The average molecular weight is 406 g/mol. The van der Waals surface area contributed by atoms with Crippen molar-refractivity contribution in [1.29, 1.82) is 0 Å². The summed E-state index contributed by atoms with van der Waals surface area (Å²) in [5.74, 6) is -2.04. The Bertz CT molecular complexity index is 1010. The van der Waals surface area contributed by atoms with E-state index in [0.717, 1.165) is 11.1 Å². The highest BCUT2D eigenvalue weighted by molar-refractivity contribution is 6.19. The molecule has 0 spiro atoms. The molecule has 3 atom stereocenters. The number of fused-ring (bicyclic) bond motifs is 1. The predicted molar refractivity (Wildman–Crippen MR) is 112 cm³/mol. The van der Waals surface area contributed by atoms with E-state index in [2.05, 4.69) is 0 Å². The van der Waals surface area contributed by atoms with E-state index < -0.39 is 34.3 Å². The Morgan fingerprint density at radius 2 is 1.57 bits per heavy atom. The molecule has 5 nitrogen and oxygen atoms in total. The lowest BCUT2D eigenvalue weighted by Crippen LogP contribution is -2.40. The van der Waals surface area contributed by atoms with Gasteiger partial charge in [-0.3, -0.25) is 14.4 Å². The number of rotatable bonds is 6. The standard InChI is InChI=1S/C25H26O5/c1-5-24(20-23(3,4)30-22(28)25(20,24)21(27)29-6-2)19(26)18-14-12-17(13-15-18)16-10-8-7-9-11-16/h7-15,20H,5-6H2,1-4H3/t20-,24-,25-/m1/s1. The van der Waals surface area contributed by atoms with Crippen LogP contribution in [0.2, 0.25) is 0 Å². The molecule has 1 aliphatic carbocycles. The summed E-state index contributed by atoms with van der Waals surface area (Å²) in [5, 5.41) is 0. The van der Waals surface area contributed by atoms with Crippen LogP contribution in [0.5, 0.6) is 0 Å². The van der Waals surface area contributed by atoms with Crippen molar-refractivity contribution in [2.24, 2.45) is 16.7 Å². The Balaban J connectivity index is 1.75. The van der Waals surface area contributed by atoms with Crippen LogP contribution in [0.4, 0.5) is 0 Å². The fourth-order valence-electron chi connectivity index (χ4n) is 5.61. The SMILES string of the molecule is CCOC(=O)[C@@]12C(=O)OC(C)(C)[C@@H]1[C@@]2(CC)C(=O)c1ccc(-c2ccccc2)cc1. The molecule has 2 aromatic carbocycles. The second-order valence-corrected chi connectivity index (χ2v) is 8.55. The van der Waals surface area contributed by atoms with Crippen molar-refractivity contribution in [3.8, 4) is 11.1 Å². The number of hydrogen-bond acceptors (Lipinski definition) is 5. The van der Waals surface area contributed by atoms with E-state index in [0.29, 0.717) is 12.0 Å². The summed E-state index contributed by atoms with van der Waals surface area (Å²) < 4.78 is 10.8. The minimum Gasteiger partial charge on any atom is -0.465 e. The van der Waals surface area contributed by atoms with Crippen molar-refractivity contribution >= 4 is 17.7 Å². The monoisotopic (exact) mass is 406 g/mol. The Hall–Kier alpha value is -2.95. The summed E-state index contributed by atoms with van der Waals surface area (Å²) in [6, 6.07) is 17.2. The molecule has 1 saturated heterocycles. The van der Waals surface area contributed by atoms with Gasteiger partial charge in [0.2, 0.25) is 0 Å². The first kappa shape index (κ1) is 20.3. The summed E-state index contributed by atoms with van der Waals surface area (Å²) in [7, 11) is 0. The second kappa shape index (κ2) is 6.79.